The van der Waals surface area contributed by atoms with Crippen LogP contribution >= 0.6 is 15.9 Å². The molecule has 1 amide bonds. The molecule has 26 heavy (non-hydrogen) atoms. The molecular weight excluding hydrogens is 420 g/mol. The lowest BCUT2D eigenvalue weighted by molar-refractivity contribution is -0.119. The highest BCUT2D eigenvalue weighted by atomic mass is 79.9. The summed E-state index contributed by atoms with van der Waals surface area (Å²) in [6, 6.07) is 8.84. The van der Waals surface area contributed by atoms with E-state index in [1.807, 2.05) is 12.1 Å². The molecule has 138 valence electrons. The number of nitrogens with zero attached hydrogens (tertiary/aromatic N) is 1. The Labute approximate surface area is 160 Å². The molecule has 1 aliphatic rings. The summed E-state index contributed by atoms with van der Waals surface area (Å²) in [5, 5.41) is 13.9. The van der Waals surface area contributed by atoms with Crippen molar-refractivity contribution in [2.75, 3.05) is 0 Å². The lowest BCUT2D eigenvalue weighted by Gasteiger charge is -2.31. The second-order valence-electron chi connectivity index (χ2n) is 6.41. The number of rotatable bonds is 4. The Morgan fingerprint density at radius 2 is 2.08 bits per heavy atom. The SMILES string of the molecule is CC(=O)NCc1cc2ccccc2n1S(=O)(=O)C1(C)CC=CC(Br)=C1O. The van der Waals surface area contributed by atoms with Crippen LogP contribution in [0.2, 0.25) is 0 Å². The van der Waals surface area contributed by atoms with E-state index < -0.39 is 14.8 Å². The predicted octanol–water partition coefficient (Wildman–Crippen LogP) is 3.34. The minimum absolute atomic E-state index is 0.0702. The summed E-state index contributed by atoms with van der Waals surface area (Å²) < 4.78 is 27.3. The third-order valence-electron chi connectivity index (χ3n) is 4.57. The minimum atomic E-state index is -4.03. The molecule has 2 N–H and O–H groups in total. The number of hydrogen-bond acceptors (Lipinski definition) is 4. The van der Waals surface area contributed by atoms with Crippen LogP contribution in [0.3, 0.4) is 0 Å². The van der Waals surface area contributed by atoms with Gasteiger partial charge in [-0.3, -0.25) is 4.79 Å². The summed E-state index contributed by atoms with van der Waals surface area (Å²) >= 11 is 3.22. The molecule has 0 spiro atoms. The second kappa shape index (κ2) is 6.59. The summed E-state index contributed by atoms with van der Waals surface area (Å²) in [5.41, 5.74) is 0.939. The molecule has 1 heterocycles. The van der Waals surface area contributed by atoms with Crippen molar-refractivity contribution in [1.82, 2.24) is 9.29 Å². The Kier molecular flexibility index (Phi) is 4.74. The molecule has 1 aromatic heterocycles. The zero-order valence-corrected chi connectivity index (χ0v) is 16.8. The number of carbonyl (C=O) groups excluding carboxylic acids is 1. The Balaban J connectivity index is 2.24. The van der Waals surface area contributed by atoms with E-state index in [9.17, 15) is 18.3 Å². The number of carbonyl (C=O) groups is 1. The van der Waals surface area contributed by atoms with Crippen molar-refractivity contribution in [3.63, 3.8) is 0 Å². The summed E-state index contributed by atoms with van der Waals surface area (Å²) in [6.07, 6.45) is 3.49. The number of fused-ring (bicyclic) bond motifs is 1. The molecule has 1 unspecified atom stereocenters. The second-order valence-corrected chi connectivity index (χ2v) is 9.48. The number of nitrogens with one attached hydrogen (secondary N) is 1. The van der Waals surface area contributed by atoms with Crippen molar-refractivity contribution >= 4 is 42.8 Å². The number of para-hydroxylation sites is 1. The van der Waals surface area contributed by atoms with Gasteiger partial charge in [0.2, 0.25) is 5.91 Å². The monoisotopic (exact) mass is 438 g/mol. The fourth-order valence-corrected chi connectivity index (χ4v) is 5.72. The Hall–Kier alpha value is -2.06. The van der Waals surface area contributed by atoms with Crippen LogP contribution in [0.5, 0.6) is 0 Å². The van der Waals surface area contributed by atoms with Gasteiger partial charge in [-0.1, -0.05) is 24.3 Å². The van der Waals surface area contributed by atoms with Crippen LogP contribution in [-0.2, 0) is 21.4 Å². The van der Waals surface area contributed by atoms with Gasteiger partial charge in [0.05, 0.1) is 22.2 Å². The summed E-state index contributed by atoms with van der Waals surface area (Å²) in [7, 11) is -4.03. The van der Waals surface area contributed by atoms with Gasteiger partial charge in [0, 0.05) is 12.3 Å². The van der Waals surface area contributed by atoms with Crippen LogP contribution in [-0.4, -0.2) is 28.2 Å². The third kappa shape index (κ3) is 2.87. The van der Waals surface area contributed by atoms with Gasteiger partial charge < -0.3 is 10.4 Å². The number of hydrogen-bond donors (Lipinski definition) is 2. The van der Waals surface area contributed by atoms with Crippen LogP contribution < -0.4 is 5.32 Å². The number of aromatic nitrogens is 1. The first kappa shape index (κ1) is 18.7. The fourth-order valence-electron chi connectivity index (χ4n) is 3.05. The molecule has 2 aromatic rings. The van der Waals surface area contributed by atoms with Gasteiger partial charge >= 0.3 is 0 Å². The summed E-state index contributed by atoms with van der Waals surface area (Å²) in [4.78, 5) is 11.3. The number of amides is 1. The van der Waals surface area contributed by atoms with Gasteiger partial charge in [-0.05, 0) is 47.5 Å². The lowest BCUT2D eigenvalue weighted by Crippen LogP contribution is -2.43. The molecule has 8 heteroatoms. The van der Waals surface area contributed by atoms with Gasteiger partial charge in [-0.25, -0.2) is 12.4 Å². The Morgan fingerprint density at radius 1 is 1.38 bits per heavy atom. The van der Waals surface area contributed by atoms with Crippen LogP contribution in [0, 0.1) is 0 Å². The van der Waals surface area contributed by atoms with E-state index in [4.69, 9.17) is 0 Å². The van der Waals surface area contributed by atoms with E-state index in [-0.39, 0.29) is 24.6 Å². The number of benzene rings is 1. The highest BCUT2D eigenvalue weighted by molar-refractivity contribution is 9.11. The largest absolute Gasteiger partial charge is 0.509 e. The highest BCUT2D eigenvalue weighted by Crippen LogP contribution is 2.39. The molecule has 1 aromatic carbocycles. The zero-order valence-electron chi connectivity index (χ0n) is 14.4. The fraction of sp³-hybridized carbons (Fsp3) is 0.278. The minimum Gasteiger partial charge on any atom is -0.509 e. The molecular formula is C18H19BrN2O4S. The van der Waals surface area contributed by atoms with Gasteiger partial charge in [-0.2, -0.15) is 0 Å². The molecule has 0 bridgehead atoms. The van der Waals surface area contributed by atoms with Gasteiger partial charge in [0.25, 0.3) is 10.0 Å². The lowest BCUT2D eigenvalue weighted by atomic mass is 10.00. The molecule has 0 saturated carbocycles. The zero-order chi connectivity index (χ0) is 19.1. The van der Waals surface area contributed by atoms with E-state index in [0.29, 0.717) is 15.7 Å². The average molecular weight is 439 g/mol. The highest BCUT2D eigenvalue weighted by Gasteiger charge is 2.47. The standard InChI is InChI=1S/C18H19BrN2O4S/c1-12(22)20-11-14-10-13-6-3-4-8-16(13)21(14)26(24,25)18(2)9-5-7-15(19)17(18)23/h3-8,10,23H,9,11H2,1-2H3,(H,20,22). The number of aliphatic hydroxyl groups is 1. The maximum absolute atomic E-state index is 13.6. The number of aliphatic hydroxyl groups excluding tert-OH is 1. The maximum atomic E-state index is 13.6. The van der Waals surface area contributed by atoms with E-state index in [2.05, 4.69) is 21.2 Å². The first-order chi connectivity index (χ1) is 12.2. The maximum Gasteiger partial charge on any atom is 0.252 e. The van der Waals surface area contributed by atoms with Crippen LogP contribution in [0.25, 0.3) is 10.9 Å². The van der Waals surface area contributed by atoms with Crippen molar-refractivity contribution in [3.8, 4) is 0 Å². The van der Waals surface area contributed by atoms with Crippen molar-refractivity contribution in [1.29, 1.82) is 0 Å². The normalized spacial score (nSPS) is 20.6. The average Bonchev–Trinajstić information content (AvgIpc) is 2.96. The quantitative estimate of drug-likeness (QED) is 0.765. The van der Waals surface area contributed by atoms with Crippen LogP contribution in [0.1, 0.15) is 26.0 Å². The smallest absolute Gasteiger partial charge is 0.252 e. The van der Waals surface area contributed by atoms with E-state index >= 15 is 0 Å². The van der Waals surface area contributed by atoms with Gasteiger partial charge in [0.15, 0.2) is 0 Å². The number of halogens is 1. The molecule has 1 aliphatic carbocycles. The first-order valence-electron chi connectivity index (χ1n) is 8.03. The van der Waals surface area contributed by atoms with E-state index in [1.54, 1.807) is 30.4 Å². The van der Waals surface area contributed by atoms with Crippen LogP contribution in [0.4, 0.5) is 0 Å². The first-order valence-corrected chi connectivity index (χ1v) is 10.3. The van der Waals surface area contributed by atoms with Crippen LogP contribution in [0.15, 0.2) is 52.7 Å². The molecule has 0 aliphatic heterocycles. The van der Waals surface area contributed by atoms with Gasteiger partial charge in [-0.15, -0.1) is 0 Å². The topological polar surface area (TPSA) is 88.4 Å². The number of allylic oxidation sites excluding steroid dienone is 3. The van der Waals surface area contributed by atoms with Crippen molar-refractivity contribution in [2.45, 2.75) is 31.6 Å². The molecule has 0 saturated heterocycles. The molecule has 1 atom stereocenters. The predicted molar refractivity (Wildman–Crippen MR) is 105 cm³/mol. The van der Waals surface area contributed by atoms with Gasteiger partial charge in [0.1, 0.15) is 10.5 Å². The van der Waals surface area contributed by atoms with E-state index in [0.717, 1.165) is 5.39 Å². The van der Waals surface area contributed by atoms with Crippen molar-refractivity contribution in [2.24, 2.45) is 0 Å². The molecule has 0 fully saturated rings. The Morgan fingerprint density at radius 3 is 2.77 bits per heavy atom. The summed E-state index contributed by atoms with van der Waals surface area (Å²) in [5.74, 6) is -0.486. The summed E-state index contributed by atoms with van der Waals surface area (Å²) in [6.45, 7) is 2.95. The van der Waals surface area contributed by atoms with E-state index in [1.165, 1.54) is 17.8 Å². The molecule has 3 rings (SSSR count). The molecule has 0 radical (unpaired) electrons. The molecule has 6 nitrogen and oxygen atoms in total. The van der Waals surface area contributed by atoms with Crippen molar-refractivity contribution in [3.05, 3.63) is 58.4 Å². The third-order valence-corrected chi connectivity index (χ3v) is 7.62. The Bertz CT molecular complexity index is 1050. The van der Waals surface area contributed by atoms with Crippen molar-refractivity contribution < 1.29 is 18.3 Å².